The van der Waals surface area contributed by atoms with Gasteiger partial charge in [-0.15, -0.1) is 0 Å². The molecule has 0 bridgehead atoms. The summed E-state index contributed by atoms with van der Waals surface area (Å²) in [5.74, 6) is 10.7. The number of anilines is 7. The van der Waals surface area contributed by atoms with Crippen LogP contribution in [0.3, 0.4) is 0 Å². The smallest absolute Gasteiger partial charge is 0.410 e. The molecule has 3 saturated carbocycles. The van der Waals surface area contributed by atoms with Gasteiger partial charge in [0.25, 0.3) is 0 Å². The number of ketones is 2. The van der Waals surface area contributed by atoms with Crippen molar-refractivity contribution in [1.29, 1.82) is 0 Å². The normalized spacial score (nSPS) is 17.8. The Balaban J connectivity index is 0.000000152. The van der Waals surface area contributed by atoms with Gasteiger partial charge in [0.1, 0.15) is 40.4 Å². The maximum Gasteiger partial charge on any atom is 0.410 e. The van der Waals surface area contributed by atoms with Crippen molar-refractivity contribution in [1.82, 2.24) is 54.3 Å². The van der Waals surface area contributed by atoms with Crippen LogP contribution < -0.4 is 39.5 Å². The summed E-state index contributed by atoms with van der Waals surface area (Å²) in [6, 6.07) is 42.2. The molecule has 1 spiro atoms. The first kappa shape index (κ1) is 117. The molecule has 6 saturated heterocycles. The number of Topliss-reactive ketones (excluding diaryl/α,β-unsaturated/α-hetero) is 2. The summed E-state index contributed by atoms with van der Waals surface area (Å²) in [6.07, 6.45) is 21.1. The van der Waals surface area contributed by atoms with Crippen LogP contribution >= 0.6 is 0 Å². The second-order valence-corrected chi connectivity index (χ2v) is 46.6. The van der Waals surface area contributed by atoms with E-state index in [1.807, 2.05) is 101 Å². The molecule has 5 aromatic heterocycles. The summed E-state index contributed by atoms with van der Waals surface area (Å²) in [4.78, 5) is 119. The zero-order valence-corrected chi connectivity index (χ0v) is 95.7. The number of hydrogen-bond acceptors (Lipinski definition) is 23. The lowest BCUT2D eigenvalue weighted by molar-refractivity contribution is -0.139. The van der Waals surface area contributed by atoms with Crippen LogP contribution in [0.1, 0.15) is 342 Å². The zero-order valence-electron chi connectivity index (χ0n) is 95.7. The summed E-state index contributed by atoms with van der Waals surface area (Å²) in [6.45, 7) is 74.3. The minimum absolute atomic E-state index is 0.0347. The number of nitrogens with one attached hydrogen (secondary N) is 1. The number of carbonyl (C=O) groups excluding carboxylic acids is 6. The highest BCUT2D eigenvalue weighted by atomic mass is 16.6. The molecule has 3 aromatic carbocycles. The topological polar surface area (TPSA) is 245 Å². The number of nitrogens with zero attached hydrogens (tertiary/aromatic N) is 17. The van der Waals surface area contributed by atoms with Gasteiger partial charge in [-0.3, -0.25) is 29.0 Å². The number of methoxy groups -OCH3 is 2. The number of benzene rings is 3. The Morgan fingerprint density at radius 1 is 0.380 bits per heavy atom. The predicted octanol–water partition coefficient (Wildman–Crippen LogP) is 23.3. The van der Waals surface area contributed by atoms with Crippen molar-refractivity contribution in [2.45, 2.75) is 294 Å². The van der Waals surface area contributed by atoms with E-state index in [-0.39, 0.29) is 47.4 Å². The van der Waals surface area contributed by atoms with Gasteiger partial charge in [-0.25, -0.2) is 34.5 Å². The fourth-order valence-corrected chi connectivity index (χ4v) is 20.1. The number of ether oxygens (including phenoxy) is 3. The van der Waals surface area contributed by atoms with Crippen LogP contribution in [0.15, 0.2) is 159 Å². The van der Waals surface area contributed by atoms with Crippen LogP contribution in [0.4, 0.5) is 50.1 Å². The van der Waals surface area contributed by atoms with Crippen LogP contribution in [-0.4, -0.2) is 279 Å². The van der Waals surface area contributed by atoms with E-state index < -0.39 is 5.60 Å². The molecule has 0 radical (unpaired) electrons. The van der Waals surface area contributed by atoms with E-state index in [9.17, 15) is 28.8 Å². The largest absolute Gasteiger partial charge is 0.495 e. The molecule has 816 valence electrons. The molecule has 1 N–H and O–H groups in total. The van der Waals surface area contributed by atoms with Crippen LogP contribution in [0.25, 0.3) is 0 Å². The number of pyridine rings is 5. The first-order chi connectivity index (χ1) is 71.4. The highest BCUT2D eigenvalue weighted by Crippen LogP contribution is 2.59. The minimum Gasteiger partial charge on any atom is -0.495 e. The quantitative estimate of drug-likeness (QED) is 0.0784. The average Bonchev–Trinajstić information content (AvgIpc) is 1.56. The summed E-state index contributed by atoms with van der Waals surface area (Å²) in [5.41, 5.74) is 16.2. The molecule has 12 heterocycles. The van der Waals surface area contributed by atoms with Crippen molar-refractivity contribution in [3.05, 3.63) is 220 Å². The lowest BCUT2D eigenvalue weighted by Crippen LogP contribution is -2.52. The van der Waals surface area contributed by atoms with Gasteiger partial charge in [0.2, 0.25) is 11.8 Å². The molecular formula is C123H180N18O9. The van der Waals surface area contributed by atoms with Gasteiger partial charge in [0.05, 0.1) is 26.3 Å². The second-order valence-electron chi connectivity index (χ2n) is 46.6. The Morgan fingerprint density at radius 3 is 1.02 bits per heavy atom. The first-order valence-electron chi connectivity index (χ1n) is 56.1. The molecule has 0 atom stereocenters. The maximum absolute atomic E-state index is 12.3. The lowest BCUT2D eigenvalue weighted by Gasteiger charge is -2.43. The predicted molar refractivity (Wildman–Crippen MR) is 613 cm³/mol. The Kier molecular flexibility index (Phi) is 42.1. The Bertz CT molecular complexity index is 5550. The fourth-order valence-electron chi connectivity index (χ4n) is 20.1. The fraction of sp³-hybridized carbons (Fsp3) is 0.585. The van der Waals surface area contributed by atoms with Gasteiger partial charge in [-0.1, -0.05) is 219 Å². The zero-order chi connectivity index (χ0) is 109. The van der Waals surface area contributed by atoms with E-state index in [1.165, 1.54) is 146 Å². The molecule has 4 aliphatic carbocycles. The van der Waals surface area contributed by atoms with Crippen molar-refractivity contribution in [3.63, 3.8) is 0 Å². The summed E-state index contributed by atoms with van der Waals surface area (Å²) in [5, 5.41) is 3.45. The number of allylic oxidation sites excluding steroid dienone is 1. The minimum atomic E-state index is -0.442. The van der Waals surface area contributed by atoms with Crippen molar-refractivity contribution in [2.75, 3.05) is 206 Å². The maximum atomic E-state index is 12.3. The third kappa shape index (κ3) is 32.0. The van der Waals surface area contributed by atoms with Gasteiger partial charge in [-0.2, -0.15) is 0 Å². The molecule has 19 rings (SSSR count). The van der Waals surface area contributed by atoms with E-state index in [1.54, 1.807) is 23.0 Å². The van der Waals surface area contributed by atoms with Crippen LogP contribution in [0, 0.1) is 5.41 Å². The monoisotopic (exact) mass is 2050 g/mol. The highest BCUT2D eigenvalue weighted by molar-refractivity contribution is 6.24. The SMILES string of the molecule is C=C1Nc2cc(C(C)C)ccc2C12CC2.CC(C)c1ccc(N2CCN(C(=O)C(C)(C)C)CC2)nc1.CC(C)c1ccc(N2CCN(C(=O)OC(C)(C)C)CC2)nc1.CC(C)c1ccc(N2CCN(C3CCC3)CC2)nc1.CC(C)c1ccc2c(c1)C(=O)CC2=O.CCC(=O)N1CCN(c2ccc(C(C)C)cn2)CC1.COC(=O)N1CCN(c2ccc(C(C)C)cn2)CC1.COc1cc(C(C)C)ccc1N1CCN(C2CCC2)CC1. The van der Waals surface area contributed by atoms with Gasteiger partial charge >= 0.3 is 12.2 Å². The number of amides is 4. The number of piperazine rings is 6. The first-order valence-corrected chi connectivity index (χ1v) is 56.1. The summed E-state index contributed by atoms with van der Waals surface area (Å²) < 4.78 is 15.8. The highest BCUT2D eigenvalue weighted by Gasteiger charge is 2.52. The Hall–Kier alpha value is -11.7. The molecule has 0 unspecified atom stereocenters. The Morgan fingerprint density at radius 2 is 0.700 bits per heavy atom. The van der Waals surface area contributed by atoms with Crippen molar-refractivity contribution >= 4 is 76.0 Å². The second kappa shape index (κ2) is 54.0. The van der Waals surface area contributed by atoms with Crippen molar-refractivity contribution in [3.8, 4) is 5.75 Å². The van der Waals surface area contributed by atoms with Gasteiger partial charge in [-0.05, 0) is 211 Å². The van der Waals surface area contributed by atoms with Gasteiger partial charge in [0, 0.05) is 240 Å². The molecule has 11 aliphatic rings. The van der Waals surface area contributed by atoms with Crippen LogP contribution in [-0.2, 0) is 24.5 Å². The molecule has 9 fully saturated rings. The Labute approximate surface area is 898 Å². The molecule has 4 amide bonds. The molecular weight excluding hydrogens is 1870 g/mol. The van der Waals surface area contributed by atoms with Gasteiger partial charge < -0.3 is 68.5 Å². The number of carbonyl (C=O) groups is 6. The standard InChI is InChI=1S/C18H28N2O.C17H27N3O2.C17H27N3O.C16H25N3.C15H23N3O.C14H21N3O2.C14H17N.C12H12O2/c1-14(2)15-7-8-17(18(13-15)21-3)20-11-9-19(10-12-20)16-5-4-6-16;1-13(2)14-6-7-15(18-12-14)19-8-10-20(11-9-19)16(21)22-17(3,4)5;1-13(2)14-6-7-15(18-12-14)19-8-10-20(11-9-19)16(21)17(3,4)5;1-13(2)14-6-7-16(17-12-14)19-10-8-18(9-11-19)15-4-3-5-15;1-4-15(19)18-9-7-17(8-10-18)14-6-5-13(11-16-14)12(2)3;1-11(2)12-4-5-13(15-10-12)16-6-8-17(9-7-16)14(18)19-3;1-9(2)11-4-5-12-13(8-11)15-10(3)14(12)6-7-14;1-7(2)8-3-4-9-10(5-8)12(14)6-11(9)13/h7-8,13-14,16H,4-6,9-12H2,1-3H3;6-7,12-13H,8-11H2,1-5H3;6-7,12-13H,8-11H2,1-5H3;6-7,12-13,15H,3-5,8-11H2,1-2H3;5-6,11-12H,4,7-10H2,1-3H3;4-5,10-11H,6-9H2,1-3H3;4-5,8-9,15H,3,6-7H2,1-2H3;3-5,7H,6H2,1-2H3. The van der Waals surface area contributed by atoms with Gasteiger partial charge in [0.15, 0.2) is 11.6 Å². The molecule has 150 heavy (non-hydrogen) atoms. The van der Waals surface area contributed by atoms with Crippen molar-refractivity contribution in [2.24, 2.45) is 5.41 Å². The molecule has 8 aromatic rings. The summed E-state index contributed by atoms with van der Waals surface area (Å²) >= 11 is 0. The van der Waals surface area contributed by atoms with E-state index in [4.69, 9.17) is 14.2 Å². The van der Waals surface area contributed by atoms with E-state index in [0.717, 1.165) is 157 Å². The number of fused-ring (bicyclic) bond motifs is 3. The van der Waals surface area contributed by atoms with E-state index >= 15 is 0 Å². The number of hydrogen-bond donors (Lipinski definition) is 1. The third-order valence-electron chi connectivity index (χ3n) is 31.1. The van der Waals surface area contributed by atoms with Crippen LogP contribution in [0.2, 0.25) is 0 Å². The van der Waals surface area contributed by atoms with E-state index in [0.29, 0.717) is 96.5 Å². The number of aromatic nitrogens is 5. The molecule has 27 heteroatoms. The lowest BCUT2D eigenvalue weighted by atomic mass is 9.91. The average molecular weight is 2050 g/mol. The van der Waals surface area contributed by atoms with Crippen LogP contribution in [0.5, 0.6) is 5.75 Å². The van der Waals surface area contributed by atoms with E-state index in [2.05, 4.69) is 284 Å². The molecule has 7 aliphatic heterocycles. The van der Waals surface area contributed by atoms with Crippen molar-refractivity contribution < 1.29 is 43.0 Å². The summed E-state index contributed by atoms with van der Waals surface area (Å²) in [7, 11) is 3.20. The third-order valence-corrected chi connectivity index (χ3v) is 31.1. The molecule has 27 nitrogen and oxygen atoms in total. The number of rotatable bonds is 18.